The van der Waals surface area contributed by atoms with Crippen molar-refractivity contribution < 1.29 is 19.1 Å². The van der Waals surface area contributed by atoms with Gasteiger partial charge >= 0.3 is 5.97 Å². The normalized spacial score (nSPS) is 33.0. The van der Waals surface area contributed by atoms with E-state index in [1.54, 1.807) is 0 Å². The van der Waals surface area contributed by atoms with Crippen LogP contribution in [0.3, 0.4) is 0 Å². The molecule has 5 aliphatic rings. The Labute approximate surface area is 273 Å². The molecule has 0 aromatic heterocycles. The summed E-state index contributed by atoms with van der Waals surface area (Å²) in [6.45, 7) is 12.0. The number of piperidine rings is 1. The molecule has 3 saturated carbocycles. The molecule has 4 N–H and O–H groups in total. The Morgan fingerprint density at radius 1 is 0.756 bits per heavy atom. The van der Waals surface area contributed by atoms with Crippen LogP contribution in [0.25, 0.3) is 0 Å². The van der Waals surface area contributed by atoms with Crippen molar-refractivity contribution in [3.8, 4) is 0 Å². The van der Waals surface area contributed by atoms with Gasteiger partial charge < -0.3 is 19.7 Å². The van der Waals surface area contributed by atoms with Gasteiger partial charge in [0, 0.05) is 31.6 Å². The second-order valence-electron chi connectivity index (χ2n) is 16.0. The van der Waals surface area contributed by atoms with Crippen molar-refractivity contribution in [3.05, 3.63) is 0 Å². The van der Waals surface area contributed by atoms with E-state index >= 15 is 0 Å². The second kappa shape index (κ2) is 17.2. The van der Waals surface area contributed by atoms with Gasteiger partial charge in [-0.1, -0.05) is 32.1 Å². The summed E-state index contributed by atoms with van der Waals surface area (Å²) >= 11 is 0. The Morgan fingerprint density at radius 3 is 2.02 bits per heavy atom. The van der Waals surface area contributed by atoms with E-state index in [2.05, 4.69) is 26.2 Å². The quantitative estimate of drug-likeness (QED) is 0.246. The van der Waals surface area contributed by atoms with E-state index in [1.165, 1.54) is 70.9 Å². The van der Waals surface area contributed by atoms with Gasteiger partial charge in [0.1, 0.15) is 18.4 Å². The first-order valence-corrected chi connectivity index (χ1v) is 18.8. The van der Waals surface area contributed by atoms with Gasteiger partial charge in [-0.05, 0) is 122 Å². The maximum atomic E-state index is 12.6. The average molecular weight is 632 g/mol. The molecule has 0 aromatic carbocycles. The van der Waals surface area contributed by atoms with Crippen LogP contribution in [-0.4, -0.2) is 86.7 Å². The van der Waals surface area contributed by atoms with Gasteiger partial charge in [0.05, 0.1) is 12.7 Å². The van der Waals surface area contributed by atoms with Crippen molar-refractivity contribution in [1.29, 1.82) is 0 Å². The topological polar surface area (TPSA) is 104 Å². The van der Waals surface area contributed by atoms with E-state index in [1.807, 2.05) is 20.8 Å². The molecule has 5 rings (SSSR count). The average Bonchev–Trinajstić information content (AvgIpc) is 3.05. The number of nitrogens with zero attached hydrogens (tertiary/aromatic N) is 1. The summed E-state index contributed by atoms with van der Waals surface area (Å²) in [5.41, 5.74) is -0.532. The fourth-order valence-corrected chi connectivity index (χ4v) is 8.90. The molecule has 0 unspecified atom stereocenters. The molecular formula is C36H65N5O4. The van der Waals surface area contributed by atoms with E-state index in [4.69, 9.17) is 9.47 Å². The van der Waals surface area contributed by atoms with Crippen LogP contribution in [0.15, 0.2) is 0 Å². The predicted molar refractivity (Wildman–Crippen MR) is 178 cm³/mol. The zero-order valence-corrected chi connectivity index (χ0v) is 28.8. The third-order valence-corrected chi connectivity index (χ3v) is 11.6. The smallest absolute Gasteiger partial charge is 0.325 e. The highest BCUT2D eigenvalue weighted by Crippen LogP contribution is 2.36. The Bertz CT molecular complexity index is 890. The highest BCUT2D eigenvalue weighted by atomic mass is 16.6. The Kier molecular flexibility index (Phi) is 13.4. The number of hydrogen-bond acceptors (Lipinski definition) is 8. The molecule has 0 atom stereocenters. The van der Waals surface area contributed by atoms with Gasteiger partial charge in [0.25, 0.3) is 0 Å². The van der Waals surface area contributed by atoms with E-state index in [-0.39, 0.29) is 30.6 Å². The van der Waals surface area contributed by atoms with Gasteiger partial charge in [-0.15, -0.1) is 0 Å². The summed E-state index contributed by atoms with van der Waals surface area (Å²) in [5.74, 6) is 2.86. The third-order valence-electron chi connectivity index (χ3n) is 11.6. The SMILES string of the molecule is CC(C)(C)OC(=O)CNC(=O)C1CCC(C2CNC(NC3CCC(OCCN4CCC(C5CCCCC5)CC4)CC3)NC2)CC1. The van der Waals surface area contributed by atoms with Gasteiger partial charge in [0.2, 0.25) is 5.91 Å². The lowest BCUT2D eigenvalue weighted by Gasteiger charge is -2.40. The van der Waals surface area contributed by atoms with Gasteiger partial charge in [-0.2, -0.15) is 0 Å². The van der Waals surface area contributed by atoms with Gasteiger partial charge in [-0.25, -0.2) is 0 Å². The minimum absolute atomic E-state index is 0.00481. The maximum Gasteiger partial charge on any atom is 0.325 e. The Morgan fingerprint density at radius 2 is 1.38 bits per heavy atom. The summed E-state index contributed by atoms with van der Waals surface area (Å²) in [5, 5.41) is 14.0. The molecule has 258 valence electrons. The van der Waals surface area contributed by atoms with Crippen LogP contribution in [0.1, 0.15) is 117 Å². The first kappa shape index (κ1) is 35.1. The van der Waals surface area contributed by atoms with Crippen molar-refractivity contribution >= 4 is 11.9 Å². The molecular weight excluding hydrogens is 566 g/mol. The van der Waals surface area contributed by atoms with Gasteiger partial charge in [-0.3, -0.25) is 25.5 Å². The molecule has 2 saturated heterocycles. The van der Waals surface area contributed by atoms with Gasteiger partial charge in [0.15, 0.2) is 0 Å². The zero-order chi connectivity index (χ0) is 31.6. The van der Waals surface area contributed by atoms with E-state index in [9.17, 15) is 9.59 Å². The van der Waals surface area contributed by atoms with E-state index < -0.39 is 5.60 Å². The lowest BCUT2D eigenvalue weighted by atomic mass is 9.75. The molecule has 5 fully saturated rings. The molecule has 3 aliphatic carbocycles. The number of amides is 1. The largest absolute Gasteiger partial charge is 0.459 e. The molecule has 0 bridgehead atoms. The van der Waals surface area contributed by atoms with Crippen molar-refractivity contribution in [2.24, 2.45) is 29.6 Å². The number of carbonyl (C=O) groups is 2. The van der Waals surface area contributed by atoms with Crippen LogP contribution in [0, 0.1) is 29.6 Å². The summed E-state index contributed by atoms with van der Waals surface area (Å²) in [4.78, 5) is 27.2. The van der Waals surface area contributed by atoms with Crippen LogP contribution in [0.4, 0.5) is 0 Å². The second-order valence-corrected chi connectivity index (χ2v) is 16.0. The first-order valence-electron chi connectivity index (χ1n) is 18.8. The zero-order valence-electron chi connectivity index (χ0n) is 28.8. The van der Waals surface area contributed by atoms with Crippen molar-refractivity contribution in [2.45, 2.75) is 141 Å². The fourth-order valence-electron chi connectivity index (χ4n) is 8.90. The standard InChI is InChI=1S/C36H65N5O4/c1-36(2,3)45-33(42)25-37-34(43)29-11-9-27(10-12-29)30-23-38-35(39-24-30)40-31-13-15-32(16-14-31)44-22-21-41-19-17-28(18-20-41)26-7-5-4-6-8-26/h26-32,35,38-40H,4-25H2,1-3H3,(H,37,43). The van der Waals surface area contributed by atoms with Crippen molar-refractivity contribution in [1.82, 2.24) is 26.2 Å². The molecule has 45 heavy (non-hydrogen) atoms. The number of likely N-dealkylation sites (tertiary alicyclic amines) is 1. The van der Waals surface area contributed by atoms with E-state index in [0.29, 0.717) is 24.0 Å². The molecule has 1 amide bonds. The molecule has 0 spiro atoms. The number of hydrogen-bond donors (Lipinski definition) is 4. The van der Waals surface area contributed by atoms with Crippen LogP contribution >= 0.6 is 0 Å². The highest BCUT2D eigenvalue weighted by molar-refractivity contribution is 5.83. The minimum Gasteiger partial charge on any atom is -0.459 e. The molecule has 9 heteroatoms. The molecule has 0 radical (unpaired) electrons. The third kappa shape index (κ3) is 11.4. The van der Waals surface area contributed by atoms with Crippen molar-refractivity contribution in [3.63, 3.8) is 0 Å². The number of rotatable bonds is 11. The molecule has 0 aromatic rings. The van der Waals surface area contributed by atoms with Crippen LogP contribution < -0.4 is 21.3 Å². The van der Waals surface area contributed by atoms with E-state index in [0.717, 1.165) is 76.6 Å². The molecule has 9 nitrogen and oxygen atoms in total. The highest BCUT2D eigenvalue weighted by Gasteiger charge is 2.34. The first-order chi connectivity index (χ1) is 21.7. The summed E-state index contributed by atoms with van der Waals surface area (Å²) < 4.78 is 11.7. The fraction of sp³-hybridized carbons (Fsp3) is 0.944. The lowest BCUT2D eigenvalue weighted by Crippen LogP contribution is -2.63. The molecule has 2 heterocycles. The Balaban J connectivity index is 0.881. The molecule has 2 aliphatic heterocycles. The van der Waals surface area contributed by atoms with Crippen molar-refractivity contribution in [2.75, 3.05) is 45.9 Å². The monoisotopic (exact) mass is 632 g/mol. The van der Waals surface area contributed by atoms with Crippen LogP contribution in [-0.2, 0) is 19.1 Å². The maximum absolute atomic E-state index is 12.6. The minimum atomic E-state index is -0.532. The number of nitrogens with one attached hydrogen (secondary N) is 4. The summed E-state index contributed by atoms with van der Waals surface area (Å²) in [6.07, 6.45) is 19.4. The summed E-state index contributed by atoms with van der Waals surface area (Å²) in [6, 6.07) is 0.542. The predicted octanol–water partition coefficient (Wildman–Crippen LogP) is 4.55. The Hall–Kier alpha value is -1.26. The number of carbonyl (C=O) groups excluding carboxylic acids is 2. The lowest BCUT2D eigenvalue weighted by molar-refractivity contribution is -0.154. The summed E-state index contributed by atoms with van der Waals surface area (Å²) in [7, 11) is 0. The van der Waals surface area contributed by atoms with Crippen LogP contribution in [0.2, 0.25) is 0 Å². The van der Waals surface area contributed by atoms with Crippen LogP contribution in [0.5, 0.6) is 0 Å². The number of ether oxygens (including phenoxy) is 2. The number of esters is 1.